The molecule has 0 saturated heterocycles. The minimum absolute atomic E-state index is 0.463. The Morgan fingerprint density at radius 3 is 2.88 bits per heavy atom. The molecule has 0 fully saturated rings. The van der Waals surface area contributed by atoms with Gasteiger partial charge in [-0.15, -0.1) is 22.7 Å². The number of thiazole rings is 1. The van der Waals surface area contributed by atoms with Gasteiger partial charge in [-0.2, -0.15) is 0 Å². The molecule has 2 heterocycles. The highest BCUT2D eigenvalue weighted by atomic mass is 35.5. The summed E-state index contributed by atoms with van der Waals surface area (Å²) in [5.74, 6) is -0.463. The summed E-state index contributed by atoms with van der Waals surface area (Å²) in [7, 11) is 0. The number of nitrogens with zero attached hydrogens (tertiary/aromatic N) is 1. The quantitative estimate of drug-likeness (QED) is 0.878. The fourth-order valence-corrected chi connectivity index (χ4v) is 2.61. The van der Waals surface area contributed by atoms with E-state index in [9.17, 15) is 4.79 Å². The minimum Gasteiger partial charge on any atom is -0.300 e. The predicted octanol–water partition coefficient (Wildman–Crippen LogP) is 3.61. The third-order valence-electron chi connectivity index (χ3n) is 1.71. The molecule has 0 atom stereocenters. The number of amides is 1. The molecule has 2 rings (SSSR count). The van der Waals surface area contributed by atoms with Crippen molar-refractivity contribution in [3.63, 3.8) is 0 Å². The number of anilines is 1. The van der Waals surface area contributed by atoms with Gasteiger partial charge in [-0.25, -0.2) is 4.98 Å². The van der Waals surface area contributed by atoms with Crippen LogP contribution < -0.4 is 5.32 Å². The Morgan fingerprint density at radius 1 is 1.44 bits per heavy atom. The first-order chi connectivity index (χ1) is 7.66. The number of halogens is 2. The van der Waals surface area contributed by atoms with Crippen LogP contribution in [0.25, 0.3) is 10.6 Å². The molecule has 0 unspecified atom stereocenters. The monoisotopic (exact) mass is 292 g/mol. The molecule has 0 aliphatic rings. The summed E-state index contributed by atoms with van der Waals surface area (Å²) in [6, 6.07) is 3.92. The van der Waals surface area contributed by atoms with Crippen LogP contribution in [0.3, 0.4) is 0 Å². The standard InChI is InChI=1S/C9H6Cl2N2OS2/c10-7(11)8(14)13-9-12-5(4-16-9)6-2-1-3-15-6/h1-4,7H,(H,12,13,14). The number of alkyl halides is 2. The van der Waals surface area contributed by atoms with E-state index in [4.69, 9.17) is 23.2 Å². The topological polar surface area (TPSA) is 42.0 Å². The molecule has 0 radical (unpaired) electrons. The van der Waals surface area contributed by atoms with Gasteiger partial charge in [0.05, 0.1) is 10.6 Å². The smallest absolute Gasteiger partial charge is 0.259 e. The van der Waals surface area contributed by atoms with Crippen LogP contribution in [-0.4, -0.2) is 15.7 Å². The molecule has 0 aromatic carbocycles. The molecule has 2 aromatic heterocycles. The van der Waals surface area contributed by atoms with Gasteiger partial charge in [-0.3, -0.25) is 10.1 Å². The maximum Gasteiger partial charge on any atom is 0.259 e. The molecular formula is C9H6Cl2N2OS2. The van der Waals surface area contributed by atoms with Crippen LogP contribution in [0, 0.1) is 0 Å². The molecule has 84 valence electrons. The highest BCUT2D eigenvalue weighted by Gasteiger charge is 2.13. The van der Waals surface area contributed by atoms with Crippen molar-refractivity contribution in [1.82, 2.24) is 4.98 Å². The molecule has 2 aromatic rings. The average Bonchev–Trinajstić information content (AvgIpc) is 2.85. The lowest BCUT2D eigenvalue weighted by atomic mass is 10.4. The lowest BCUT2D eigenvalue weighted by Crippen LogP contribution is -2.18. The summed E-state index contributed by atoms with van der Waals surface area (Å²) in [6.07, 6.45) is 0. The van der Waals surface area contributed by atoms with E-state index in [1.165, 1.54) is 11.3 Å². The zero-order valence-corrected chi connectivity index (χ0v) is 11.0. The van der Waals surface area contributed by atoms with Crippen molar-refractivity contribution in [2.45, 2.75) is 4.84 Å². The number of aromatic nitrogens is 1. The molecule has 16 heavy (non-hydrogen) atoms. The van der Waals surface area contributed by atoms with Crippen LogP contribution in [0.5, 0.6) is 0 Å². The van der Waals surface area contributed by atoms with E-state index in [1.807, 2.05) is 22.9 Å². The first-order valence-corrected chi connectivity index (χ1v) is 6.88. The Hall–Kier alpha value is -0.620. The van der Waals surface area contributed by atoms with Crippen LogP contribution in [0.4, 0.5) is 5.13 Å². The van der Waals surface area contributed by atoms with Gasteiger partial charge in [-0.05, 0) is 11.4 Å². The van der Waals surface area contributed by atoms with E-state index in [0.717, 1.165) is 10.6 Å². The Morgan fingerprint density at radius 2 is 2.25 bits per heavy atom. The zero-order valence-electron chi connectivity index (χ0n) is 7.81. The van der Waals surface area contributed by atoms with Gasteiger partial charge in [0.1, 0.15) is 0 Å². The molecule has 0 saturated carbocycles. The Balaban J connectivity index is 2.11. The Kier molecular flexibility index (Phi) is 3.81. The second-order valence-electron chi connectivity index (χ2n) is 2.81. The van der Waals surface area contributed by atoms with Gasteiger partial charge < -0.3 is 0 Å². The third-order valence-corrected chi connectivity index (χ3v) is 3.75. The molecule has 3 nitrogen and oxygen atoms in total. The number of rotatable bonds is 3. The molecule has 1 amide bonds. The second-order valence-corrected chi connectivity index (χ2v) is 5.71. The number of hydrogen-bond acceptors (Lipinski definition) is 4. The fraction of sp³-hybridized carbons (Fsp3) is 0.111. The normalized spacial score (nSPS) is 10.7. The molecule has 7 heteroatoms. The summed E-state index contributed by atoms with van der Waals surface area (Å²) >= 11 is 13.8. The number of nitrogens with one attached hydrogen (secondary N) is 1. The SMILES string of the molecule is O=C(Nc1nc(-c2cccs2)cs1)C(Cl)Cl. The fourth-order valence-electron chi connectivity index (χ4n) is 1.03. The molecule has 0 aliphatic carbocycles. The maximum atomic E-state index is 11.2. The highest BCUT2D eigenvalue weighted by molar-refractivity contribution is 7.16. The van der Waals surface area contributed by atoms with Crippen molar-refractivity contribution in [3.8, 4) is 10.6 Å². The summed E-state index contributed by atoms with van der Waals surface area (Å²) in [5, 5.41) is 6.88. The Bertz CT molecular complexity index is 481. The minimum atomic E-state index is -1.07. The van der Waals surface area contributed by atoms with Gasteiger partial charge in [-0.1, -0.05) is 29.3 Å². The van der Waals surface area contributed by atoms with Crippen molar-refractivity contribution >= 4 is 56.9 Å². The van der Waals surface area contributed by atoms with E-state index in [2.05, 4.69) is 10.3 Å². The molecule has 0 bridgehead atoms. The average molecular weight is 293 g/mol. The molecule has 1 N–H and O–H groups in total. The first-order valence-electron chi connectivity index (χ1n) is 4.25. The number of thiophene rings is 1. The van der Waals surface area contributed by atoms with Gasteiger partial charge in [0.2, 0.25) is 0 Å². The zero-order chi connectivity index (χ0) is 11.5. The summed E-state index contributed by atoms with van der Waals surface area (Å²) in [4.78, 5) is 15.4. The first kappa shape index (κ1) is 11.9. The van der Waals surface area contributed by atoms with Crippen LogP contribution >= 0.6 is 45.9 Å². The van der Waals surface area contributed by atoms with Gasteiger partial charge in [0.15, 0.2) is 9.97 Å². The van der Waals surface area contributed by atoms with Crippen molar-refractivity contribution in [3.05, 3.63) is 22.9 Å². The van der Waals surface area contributed by atoms with Crippen LogP contribution in [0.2, 0.25) is 0 Å². The maximum absolute atomic E-state index is 11.2. The lowest BCUT2D eigenvalue weighted by molar-refractivity contribution is -0.114. The van der Waals surface area contributed by atoms with E-state index >= 15 is 0 Å². The third kappa shape index (κ3) is 2.74. The van der Waals surface area contributed by atoms with E-state index in [1.54, 1.807) is 11.3 Å². The Labute approximate surface area is 110 Å². The number of hydrogen-bond donors (Lipinski definition) is 1. The van der Waals surface area contributed by atoms with Crippen molar-refractivity contribution < 1.29 is 4.79 Å². The molecule has 0 aliphatic heterocycles. The second kappa shape index (κ2) is 5.14. The van der Waals surface area contributed by atoms with Crippen molar-refractivity contribution in [1.29, 1.82) is 0 Å². The van der Waals surface area contributed by atoms with E-state index in [-0.39, 0.29) is 0 Å². The number of carbonyl (C=O) groups is 1. The van der Waals surface area contributed by atoms with Gasteiger partial charge in [0, 0.05) is 5.38 Å². The molecule has 0 spiro atoms. The van der Waals surface area contributed by atoms with E-state index in [0.29, 0.717) is 5.13 Å². The van der Waals surface area contributed by atoms with Gasteiger partial charge in [0.25, 0.3) is 5.91 Å². The van der Waals surface area contributed by atoms with E-state index < -0.39 is 10.7 Å². The highest BCUT2D eigenvalue weighted by Crippen LogP contribution is 2.28. The summed E-state index contributed by atoms with van der Waals surface area (Å²) in [6.45, 7) is 0. The molecular weight excluding hydrogens is 287 g/mol. The van der Waals surface area contributed by atoms with Crippen molar-refractivity contribution in [2.24, 2.45) is 0 Å². The van der Waals surface area contributed by atoms with Crippen LogP contribution in [0.15, 0.2) is 22.9 Å². The summed E-state index contributed by atoms with van der Waals surface area (Å²) in [5.41, 5.74) is 0.844. The number of carbonyl (C=O) groups excluding carboxylic acids is 1. The van der Waals surface area contributed by atoms with Crippen LogP contribution in [-0.2, 0) is 4.79 Å². The predicted molar refractivity (Wildman–Crippen MR) is 69.6 cm³/mol. The lowest BCUT2D eigenvalue weighted by Gasteiger charge is -1.99. The van der Waals surface area contributed by atoms with Crippen LogP contribution in [0.1, 0.15) is 0 Å². The van der Waals surface area contributed by atoms with Gasteiger partial charge >= 0.3 is 0 Å². The largest absolute Gasteiger partial charge is 0.300 e. The summed E-state index contributed by atoms with van der Waals surface area (Å²) < 4.78 is 0. The van der Waals surface area contributed by atoms with Crippen molar-refractivity contribution in [2.75, 3.05) is 5.32 Å².